The molecule has 3 rings (SSSR count). The number of aliphatic imine (C=N–C) groups is 1. The Bertz CT molecular complexity index is 722. The maximum absolute atomic E-state index is 5.93. The summed E-state index contributed by atoms with van der Waals surface area (Å²) in [5.74, 6) is 0.862. The molecule has 0 bridgehead atoms. The quantitative estimate of drug-likeness (QED) is 0.519. The Morgan fingerprint density at radius 3 is 2.70 bits per heavy atom. The molecule has 0 amide bonds. The lowest BCUT2D eigenvalue weighted by Gasteiger charge is -2.12. The summed E-state index contributed by atoms with van der Waals surface area (Å²) >= 11 is 7.69. The van der Waals surface area contributed by atoms with Gasteiger partial charge in [-0.3, -0.25) is 4.99 Å². The van der Waals surface area contributed by atoms with Gasteiger partial charge < -0.3 is 15.5 Å². The Balaban J connectivity index is 1.44. The molecule has 1 saturated heterocycles. The second-order valence-electron chi connectivity index (χ2n) is 6.63. The molecule has 2 aromatic rings. The molecule has 0 aliphatic carbocycles. The van der Waals surface area contributed by atoms with Crippen LogP contribution < -0.4 is 15.5 Å². The summed E-state index contributed by atoms with van der Waals surface area (Å²) in [7, 11) is 0. The molecular weight excluding hydrogens is 378 g/mol. The molecule has 2 N–H and O–H groups in total. The third-order valence-corrected chi connectivity index (χ3v) is 5.72. The van der Waals surface area contributed by atoms with Crippen LogP contribution in [0.4, 0.5) is 5.13 Å². The number of rotatable bonds is 8. The van der Waals surface area contributed by atoms with Crippen molar-refractivity contribution in [2.75, 3.05) is 37.6 Å². The minimum absolute atomic E-state index is 0.736. The second-order valence-corrected chi connectivity index (χ2v) is 7.90. The lowest BCUT2D eigenvalue weighted by molar-refractivity contribution is 0.794. The lowest BCUT2D eigenvalue weighted by Crippen LogP contribution is -2.38. The molecule has 7 heteroatoms. The molecule has 1 aliphatic heterocycles. The fraction of sp³-hybridized carbons (Fsp3) is 0.500. The van der Waals surface area contributed by atoms with Crippen molar-refractivity contribution in [3.8, 4) is 0 Å². The van der Waals surface area contributed by atoms with Crippen LogP contribution in [0.2, 0.25) is 5.02 Å². The molecule has 1 aromatic heterocycles. The van der Waals surface area contributed by atoms with Gasteiger partial charge in [0.1, 0.15) is 0 Å². The molecule has 146 valence electrons. The Morgan fingerprint density at radius 2 is 1.96 bits per heavy atom. The molecule has 27 heavy (non-hydrogen) atoms. The summed E-state index contributed by atoms with van der Waals surface area (Å²) < 4.78 is 0. The van der Waals surface area contributed by atoms with E-state index in [-0.39, 0.29) is 0 Å². The smallest absolute Gasteiger partial charge is 0.191 e. The number of aromatic nitrogens is 1. The minimum Gasteiger partial charge on any atom is -0.357 e. The molecule has 2 heterocycles. The molecule has 1 aromatic carbocycles. The first-order valence-electron chi connectivity index (χ1n) is 9.70. The first kappa shape index (κ1) is 20.0. The summed E-state index contributed by atoms with van der Waals surface area (Å²) in [4.78, 5) is 11.8. The Labute approximate surface area is 170 Å². The number of benzene rings is 1. The molecule has 0 saturated carbocycles. The standard InChI is InChI=1S/C20H28ClN5S/c1-2-22-19(23-11-9-16-5-7-17(21)8-6-16)24-12-10-18-15-27-20(25-18)26-13-3-4-14-26/h5-8,15H,2-4,9-14H2,1H3,(H2,22,23,24). The average Bonchev–Trinajstić information content (AvgIpc) is 3.35. The molecule has 0 unspecified atom stereocenters. The molecule has 0 radical (unpaired) electrons. The minimum atomic E-state index is 0.736. The van der Waals surface area contributed by atoms with E-state index < -0.39 is 0 Å². The number of thiazole rings is 1. The predicted molar refractivity (Wildman–Crippen MR) is 116 cm³/mol. The average molecular weight is 406 g/mol. The zero-order valence-corrected chi connectivity index (χ0v) is 17.5. The first-order valence-corrected chi connectivity index (χ1v) is 11.0. The summed E-state index contributed by atoms with van der Waals surface area (Å²) in [6, 6.07) is 7.99. The highest BCUT2D eigenvalue weighted by molar-refractivity contribution is 7.13. The van der Waals surface area contributed by atoms with Gasteiger partial charge in [0.25, 0.3) is 0 Å². The van der Waals surface area contributed by atoms with Gasteiger partial charge in [0.05, 0.1) is 5.69 Å². The number of hydrogen-bond acceptors (Lipinski definition) is 4. The normalized spacial score (nSPS) is 14.6. The van der Waals surface area contributed by atoms with Crippen LogP contribution in [0.15, 0.2) is 34.6 Å². The van der Waals surface area contributed by atoms with Gasteiger partial charge >= 0.3 is 0 Å². The Kier molecular flexibility index (Phi) is 7.78. The highest BCUT2D eigenvalue weighted by Crippen LogP contribution is 2.24. The van der Waals surface area contributed by atoms with E-state index in [1.54, 1.807) is 11.3 Å². The Morgan fingerprint density at radius 1 is 1.19 bits per heavy atom. The zero-order chi connectivity index (χ0) is 18.9. The second kappa shape index (κ2) is 10.5. The van der Waals surface area contributed by atoms with E-state index in [0.717, 1.165) is 62.2 Å². The van der Waals surface area contributed by atoms with E-state index in [9.17, 15) is 0 Å². The fourth-order valence-corrected chi connectivity index (χ4v) is 4.10. The molecular formula is C20H28ClN5S. The highest BCUT2D eigenvalue weighted by Gasteiger charge is 2.15. The van der Waals surface area contributed by atoms with Crippen LogP contribution in [-0.2, 0) is 12.8 Å². The lowest BCUT2D eigenvalue weighted by atomic mass is 10.1. The topological polar surface area (TPSA) is 52.6 Å². The van der Waals surface area contributed by atoms with Crippen LogP contribution in [-0.4, -0.2) is 43.7 Å². The van der Waals surface area contributed by atoms with Crippen molar-refractivity contribution in [2.45, 2.75) is 32.6 Å². The van der Waals surface area contributed by atoms with Gasteiger partial charge in [0, 0.05) is 49.5 Å². The van der Waals surface area contributed by atoms with E-state index >= 15 is 0 Å². The van der Waals surface area contributed by atoms with Gasteiger partial charge in [0.2, 0.25) is 0 Å². The van der Waals surface area contributed by atoms with Gasteiger partial charge in [-0.2, -0.15) is 0 Å². The number of anilines is 1. The third kappa shape index (κ3) is 6.40. The van der Waals surface area contributed by atoms with E-state index in [4.69, 9.17) is 16.6 Å². The predicted octanol–water partition coefficient (Wildman–Crippen LogP) is 3.74. The van der Waals surface area contributed by atoms with Crippen molar-refractivity contribution >= 4 is 34.0 Å². The SMILES string of the molecule is CCNC(=NCCc1csc(N2CCCC2)n1)NCCc1ccc(Cl)cc1. The van der Waals surface area contributed by atoms with E-state index in [1.165, 1.54) is 23.5 Å². The van der Waals surface area contributed by atoms with Crippen molar-refractivity contribution in [1.29, 1.82) is 0 Å². The maximum Gasteiger partial charge on any atom is 0.191 e. The van der Waals surface area contributed by atoms with Crippen molar-refractivity contribution in [3.05, 3.63) is 45.9 Å². The van der Waals surface area contributed by atoms with Crippen LogP contribution in [0.5, 0.6) is 0 Å². The van der Waals surface area contributed by atoms with Crippen molar-refractivity contribution in [2.24, 2.45) is 4.99 Å². The Hall–Kier alpha value is -1.79. The number of nitrogens with zero attached hydrogens (tertiary/aromatic N) is 3. The zero-order valence-electron chi connectivity index (χ0n) is 15.9. The van der Waals surface area contributed by atoms with Gasteiger partial charge in [-0.15, -0.1) is 11.3 Å². The van der Waals surface area contributed by atoms with Crippen molar-refractivity contribution < 1.29 is 0 Å². The third-order valence-electron chi connectivity index (χ3n) is 4.52. The highest BCUT2D eigenvalue weighted by atomic mass is 35.5. The van der Waals surface area contributed by atoms with Crippen LogP contribution in [0.25, 0.3) is 0 Å². The monoisotopic (exact) mass is 405 g/mol. The molecule has 0 atom stereocenters. The van der Waals surface area contributed by atoms with Gasteiger partial charge in [-0.05, 0) is 43.9 Å². The van der Waals surface area contributed by atoms with E-state index in [2.05, 4.69) is 45.0 Å². The maximum atomic E-state index is 5.93. The van der Waals surface area contributed by atoms with Gasteiger partial charge in [-0.25, -0.2) is 4.98 Å². The first-order chi connectivity index (χ1) is 13.2. The summed E-state index contributed by atoms with van der Waals surface area (Å²) in [6.45, 7) is 6.80. The van der Waals surface area contributed by atoms with Crippen LogP contribution in [0.1, 0.15) is 31.0 Å². The summed E-state index contributed by atoms with van der Waals surface area (Å²) in [5, 5.41) is 10.8. The summed E-state index contributed by atoms with van der Waals surface area (Å²) in [5.41, 5.74) is 2.40. The van der Waals surface area contributed by atoms with Gasteiger partial charge in [0.15, 0.2) is 11.1 Å². The molecule has 1 fully saturated rings. The van der Waals surface area contributed by atoms with Crippen LogP contribution >= 0.6 is 22.9 Å². The number of nitrogens with one attached hydrogen (secondary N) is 2. The number of halogens is 1. The fourth-order valence-electron chi connectivity index (χ4n) is 3.07. The van der Waals surface area contributed by atoms with Crippen molar-refractivity contribution in [1.82, 2.24) is 15.6 Å². The number of hydrogen-bond donors (Lipinski definition) is 2. The van der Waals surface area contributed by atoms with Crippen LogP contribution in [0, 0.1) is 0 Å². The van der Waals surface area contributed by atoms with E-state index in [1.807, 2.05) is 12.1 Å². The van der Waals surface area contributed by atoms with Gasteiger partial charge in [-0.1, -0.05) is 23.7 Å². The molecule has 0 spiro atoms. The van der Waals surface area contributed by atoms with E-state index in [0.29, 0.717) is 0 Å². The number of guanidine groups is 1. The summed E-state index contributed by atoms with van der Waals surface area (Å²) in [6.07, 6.45) is 4.38. The van der Waals surface area contributed by atoms with Crippen LogP contribution in [0.3, 0.4) is 0 Å². The molecule has 1 aliphatic rings. The molecule has 5 nitrogen and oxygen atoms in total. The van der Waals surface area contributed by atoms with Crippen molar-refractivity contribution in [3.63, 3.8) is 0 Å². The largest absolute Gasteiger partial charge is 0.357 e.